The SMILES string of the molecule is CC(N)c1cccc(Cc2nc3ccccc3n2C)c1. The van der Waals surface area contributed by atoms with Gasteiger partial charge in [0.1, 0.15) is 5.82 Å². The number of hydrogen-bond acceptors (Lipinski definition) is 2. The van der Waals surface area contributed by atoms with Crippen LogP contribution in [-0.2, 0) is 13.5 Å². The summed E-state index contributed by atoms with van der Waals surface area (Å²) in [6.45, 7) is 2.01. The van der Waals surface area contributed by atoms with Gasteiger partial charge in [-0.3, -0.25) is 0 Å². The third-order valence-corrected chi connectivity index (χ3v) is 3.72. The Bertz CT molecular complexity index is 741. The maximum atomic E-state index is 5.95. The van der Waals surface area contributed by atoms with E-state index in [-0.39, 0.29) is 6.04 Å². The van der Waals surface area contributed by atoms with Crippen molar-refractivity contribution in [2.24, 2.45) is 12.8 Å². The van der Waals surface area contributed by atoms with Gasteiger partial charge in [-0.05, 0) is 30.2 Å². The summed E-state index contributed by atoms with van der Waals surface area (Å²) in [5, 5.41) is 0. The molecule has 0 saturated carbocycles. The molecule has 3 aromatic rings. The molecule has 0 aliphatic carbocycles. The summed E-state index contributed by atoms with van der Waals surface area (Å²) in [5.74, 6) is 1.08. The minimum atomic E-state index is 0.0652. The first-order valence-corrected chi connectivity index (χ1v) is 6.90. The summed E-state index contributed by atoms with van der Waals surface area (Å²) < 4.78 is 2.16. The number of nitrogens with two attached hydrogens (primary N) is 1. The molecule has 0 aliphatic rings. The van der Waals surface area contributed by atoms with Crippen molar-refractivity contribution in [3.8, 4) is 0 Å². The van der Waals surface area contributed by atoms with Gasteiger partial charge in [-0.2, -0.15) is 0 Å². The lowest BCUT2D eigenvalue weighted by atomic mass is 10.0. The van der Waals surface area contributed by atoms with E-state index in [1.807, 2.05) is 19.1 Å². The Morgan fingerprint density at radius 3 is 2.70 bits per heavy atom. The first-order valence-electron chi connectivity index (χ1n) is 6.90. The lowest BCUT2D eigenvalue weighted by Crippen LogP contribution is -2.06. The second-order valence-corrected chi connectivity index (χ2v) is 5.29. The highest BCUT2D eigenvalue weighted by Crippen LogP contribution is 2.18. The van der Waals surface area contributed by atoms with Gasteiger partial charge >= 0.3 is 0 Å². The third kappa shape index (κ3) is 2.32. The van der Waals surface area contributed by atoms with Crippen LogP contribution < -0.4 is 5.73 Å². The van der Waals surface area contributed by atoms with Crippen molar-refractivity contribution in [3.05, 3.63) is 65.5 Å². The molecule has 1 heterocycles. The molecule has 0 radical (unpaired) electrons. The average Bonchev–Trinajstić information content (AvgIpc) is 2.76. The first-order chi connectivity index (χ1) is 9.65. The molecule has 0 aliphatic heterocycles. The fourth-order valence-electron chi connectivity index (χ4n) is 2.52. The Morgan fingerprint density at radius 2 is 1.95 bits per heavy atom. The monoisotopic (exact) mass is 265 g/mol. The summed E-state index contributed by atoms with van der Waals surface area (Å²) in [6.07, 6.45) is 0.825. The van der Waals surface area contributed by atoms with E-state index in [1.54, 1.807) is 0 Å². The molecular formula is C17H19N3. The highest BCUT2D eigenvalue weighted by atomic mass is 15.1. The normalized spacial score (nSPS) is 12.8. The summed E-state index contributed by atoms with van der Waals surface area (Å²) in [7, 11) is 2.07. The Labute approximate surface area is 119 Å². The van der Waals surface area contributed by atoms with Crippen molar-refractivity contribution in [1.29, 1.82) is 0 Å². The number of hydrogen-bond donors (Lipinski definition) is 1. The largest absolute Gasteiger partial charge is 0.331 e. The molecule has 3 heteroatoms. The second kappa shape index (κ2) is 5.10. The zero-order chi connectivity index (χ0) is 14.1. The maximum absolute atomic E-state index is 5.95. The van der Waals surface area contributed by atoms with Gasteiger partial charge < -0.3 is 10.3 Å². The lowest BCUT2D eigenvalue weighted by Gasteiger charge is -2.08. The molecule has 1 atom stereocenters. The van der Waals surface area contributed by atoms with Crippen molar-refractivity contribution < 1.29 is 0 Å². The highest BCUT2D eigenvalue weighted by Gasteiger charge is 2.08. The predicted molar refractivity (Wildman–Crippen MR) is 82.6 cm³/mol. The van der Waals surface area contributed by atoms with Crippen molar-refractivity contribution in [2.45, 2.75) is 19.4 Å². The van der Waals surface area contributed by atoms with Crippen LogP contribution in [0, 0.1) is 0 Å². The van der Waals surface area contributed by atoms with Gasteiger partial charge in [0.05, 0.1) is 11.0 Å². The quantitative estimate of drug-likeness (QED) is 0.790. The number of para-hydroxylation sites is 2. The standard InChI is InChI=1S/C17H19N3/c1-12(18)14-7-5-6-13(10-14)11-17-19-15-8-3-4-9-16(15)20(17)2/h3-10,12H,11,18H2,1-2H3. The average molecular weight is 265 g/mol. The minimum Gasteiger partial charge on any atom is -0.331 e. The van der Waals surface area contributed by atoms with E-state index in [1.165, 1.54) is 16.6 Å². The molecule has 102 valence electrons. The zero-order valence-corrected chi connectivity index (χ0v) is 11.9. The molecule has 1 unspecified atom stereocenters. The van der Waals surface area contributed by atoms with Crippen LogP contribution >= 0.6 is 0 Å². The van der Waals surface area contributed by atoms with Crippen LogP contribution in [-0.4, -0.2) is 9.55 Å². The molecule has 20 heavy (non-hydrogen) atoms. The molecule has 3 nitrogen and oxygen atoms in total. The summed E-state index contributed by atoms with van der Waals surface area (Å²) in [5.41, 5.74) is 10.6. The van der Waals surface area contributed by atoms with Gasteiger partial charge in [-0.15, -0.1) is 0 Å². The van der Waals surface area contributed by atoms with Crippen molar-refractivity contribution in [2.75, 3.05) is 0 Å². The van der Waals surface area contributed by atoms with Crippen LogP contribution in [0.2, 0.25) is 0 Å². The fourth-order valence-corrected chi connectivity index (χ4v) is 2.52. The summed E-state index contributed by atoms with van der Waals surface area (Å²) in [4.78, 5) is 4.71. The van der Waals surface area contributed by atoms with E-state index in [2.05, 4.69) is 48.0 Å². The van der Waals surface area contributed by atoms with E-state index in [4.69, 9.17) is 10.7 Å². The van der Waals surface area contributed by atoms with Crippen LogP contribution in [0.4, 0.5) is 0 Å². The number of aryl methyl sites for hydroxylation is 1. The minimum absolute atomic E-state index is 0.0652. The van der Waals surface area contributed by atoms with Gasteiger partial charge in [0.25, 0.3) is 0 Å². The third-order valence-electron chi connectivity index (χ3n) is 3.72. The van der Waals surface area contributed by atoms with E-state index in [9.17, 15) is 0 Å². The Morgan fingerprint density at radius 1 is 1.15 bits per heavy atom. The molecule has 0 saturated heterocycles. The van der Waals surface area contributed by atoms with Crippen LogP contribution in [0.5, 0.6) is 0 Å². The van der Waals surface area contributed by atoms with Gasteiger partial charge in [-0.1, -0.05) is 36.4 Å². The van der Waals surface area contributed by atoms with Crippen LogP contribution in [0.1, 0.15) is 29.9 Å². The molecule has 3 rings (SSSR count). The molecular weight excluding hydrogens is 246 g/mol. The molecule has 0 spiro atoms. The number of fused-ring (bicyclic) bond motifs is 1. The fraction of sp³-hybridized carbons (Fsp3) is 0.235. The predicted octanol–water partition coefficient (Wildman–Crippen LogP) is 3.18. The molecule has 0 bridgehead atoms. The molecule has 2 N–H and O–H groups in total. The van der Waals surface area contributed by atoms with E-state index in [0.29, 0.717) is 0 Å². The Kier molecular flexibility index (Phi) is 3.28. The molecule has 0 amide bonds. The van der Waals surface area contributed by atoms with E-state index in [0.717, 1.165) is 17.8 Å². The number of imidazole rings is 1. The molecule has 1 aromatic heterocycles. The van der Waals surface area contributed by atoms with Crippen LogP contribution in [0.15, 0.2) is 48.5 Å². The summed E-state index contributed by atoms with van der Waals surface area (Å²) >= 11 is 0. The van der Waals surface area contributed by atoms with Crippen molar-refractivity contribution >= 4 is 11.0 Å². The van der Waals surface area contributed by atoms with Gasteiger partial charge in [-0.25, -0.2) is 4.98 Å². The lowest BCUT2D eigenvalue weighted by molar-refractivity contribution is 0.810. The van der Waals surface area contributed by atoms with Gasteiger partial charge in [0.2, 0.25) is 0 Å². The Balaban J connectivity index is 1.97. The number of rotatable bonds is 3. The maximum Gasteiger partial charge on any atom is 0.114 e. The van der Waals surface area contributed by atoms with E-state index < -0.39 is 0 Å². The number of nitrogens with zero attached hydrogens (tertiary/aromatic N) is 2. The van der Waals surface area contributed by atoms with Crippen LogP contribution in [0.3, 0.4) is 0 Å². The number of benzene rings is 2. The second-order valence-electron chi connectivity index (χ2n) is 5.29. The zero-order valence-electron chi connectivity index (χ0n) is 11.9. The smallest absolute Gasteiger partial charge is 0.114 e. The summed E-state index contributed by atoms with van der Waals surface area (Å²) in [6, 6.07) is 16.7. The van der Waals surface area contributed by atoms with E-state index >= 15 is 0 Å². The van der Waals surface area contributed by atoms with Gasteiger partial charge in [0, 0.05) is 19.5 Å². The number of aromatic nitrogens is 2. The Hall–Kier alpha value is -2.13. The van der Waals surface area contributed by atoms with Crippen LogP contribution in [0.25, 0.3) is 11.0 Å². The topological polar surface area (TPSA) is 43.8 Å². The highest BCUT2D eigenvalue weighted by molar-refractivity contribution is 5.75. The van der Waals surface area contributed by atoms with Gasteiger partial charge in [0.15, 0.2) is 0 Å². The molecule has 0 fully saturated rings. The van der Waals surface area contributed by atoms with Crippen molar-refractivity contribution in [1.82, 2.24) is 9.55 Å². The van der Waals surface area contributed by atoms with Crippen molar-refractivity contribution in [3.63, 3.8) is 0 Å². The molecule has 2 aromatic carbocycles. The first kappa shape index (κ1) is 12.9.